The summed E-state index contributed by atoms with van der Waals surface area (Å²) >= 11 is 0. The molecule has 0 saturated heterocycles. The smallest absolute Gasteiger partial charge is 0.312 e. The number of carbonyl (C=O) groups is 2. The number of ketones is 1. The first-order chi connectivity index (χ1) is 12.8. The zero-order chi connectivity index (χ0) is 18.7. The van der Waals surface area contributed by atoms with Crippen LogP contribution in [0.4, 0.5) is 0 Å². The van der Waals surface area contributed by atoms with Crippen LogP contribution in [0.15, 0.2) is 0 Å². The van der Waals surface area contributed by atoms with Crippen molar-refractivity contribution in [1.29, 1.82) is 0 Å². The van der Waals surface area contributed by atoms with Crippen LogP contribution in [0.25, 0.3) is 0 Å². The van der Waals surface area contributed by atoms with Crippen molar-refractivity contribution in [2.24, 2.45) is 75.4 Å². The summed E-state index contributed by atoms with van der Waals surface area (Å²) in [5.41, 5.74) is -0.513. The van der Waals surface area contributed by atoms with Crippen LogP contribution >= 0.6 is 0 Å². The standard InChI is InChI=1S/C24H32O3/c1-22-9-8-12-17-14-13-15(23(2,20(22)25)19(14)18(12)22)10-6-5-7-11(10)16(13)24(17,3)21(26)27-4/h10-19H,5-9H2,1-4H3/t10-,11-,12-,13-,14-,15-,16-,17+,18-,19-,22+,23-,24+/m0/s1. The fraction of sp³-hybridized carbons (Fsp3) is 0.917. The van der Waals surface area contributed by atoms with E-state index in [0.717, 1.165) is 12.8 Å². The van der Waals surface area contributed by atoms with Gasteiger partial charge >= 0.3 is 5.97 Å². The van der Waals surface area contributed by atoms with E-state index in [2.05, 4.69) is 20.8 Å². The van der Waals surface area contributed by atoms with Crippen molar-refractivity contribution in [2.45, 2.75) is 52.9 Å². The number of fused-ring (bicyclic) bond motifs is 5. The van der Waals surface area contributed by atoms with Gasteiger partial charge in [-0.15, -0.1) is 0 Å². The first-order valence-corrected chi connectivity index (χ1v) is 11.5. The van der Waals surface area contributed by atoms with Crippen molar-refractivity contribution in [3.63, 3.8) is 0 Å². The molecule has 0 amide bonds. The molecule has 0 aliphatic heterocycles. The van der Waals surface area contributed by atoms with E-state index in [1.54, 1.807) is 7.11 Å². The lowest BCUT2D eigenvalue weighted by Gasteiger charge is -2.39. The average Bonchev–Trinajstić information content (AvgIpc) is 3.42. The Bertz CT molecular complexity index is 791. The summed E-state index contributed by atoms with van der Waals surface area (Å²) in [5.74, 6) is 6.44. The second-order valence-electron chi connectivity index (χ2n) is 12.0. The van der Waals surface area contributed by atoms with Crippen molar-refractivity contribution < 1.29 is 14.3 Å². The van der Waals surface area contributed by atoms with Gasteiger partial charge in [0.25, 0.3) is 0 Å². The number of carbonyl (C=O) groups excluding carboxylic acids is 2. The van der Waals surface area contributed by atoms with Crippen LogP contribution in [0.2, 0.25) is 0 Å². The molecule has 146 valence electrons. The van der Waals surface area contributed by atoms with E-state index in [0.29, 0.717) is 65.0 Å². The Kier molecular flexibility index (Phi) is 2.48. The van der Waals surface area contributed by atoms with Gasteiger partial charge in [-0.25, -0.2) is 0 Å². The number of Topliss-reactive ketones (excluding diaryl/α,β-unsaturated/α-hetero) is 1. The van der Waals surface area contributed by atoms with Gasteiger partial charge in [-0.1, -0.05) is 20.3 Å². The molecule has 7 aliphatic carbocycles. The predicted molar refractivity (Wildman–Crippen MR) is 99.3 cm³/mol. The molecular weight excluding hydrogens is 336 g/mol. The highest BCUT2D eigenvalue weighted by atomic mass is 16.5. The van der Waals surface area contributed by atoms with Crippen LogP contribution in [-0.4, -0.2) is 18.9 Å². The fourth-order valence-electron chi connectivity index (χ4n) is 12.2. The molecule has 0 spiro atoms. The minimum absolute atomic E-state index is 0.0693. The van der Waals surface area contributed by atoms with E-state index < -0.39 is 0 Å². The lowest BCUT2D eigenvalue weighted by Crippen LogP contribution is -2.44. The molecule has 3 nitrogen and oxygen atoms in total. The second kappa shape index (κ2) is 4.19. The van der Waals surface area contributed by atoms with Crippen LogP contribution in [0.5, 0.6) is 0 Å². The minimum Gasteiger partial charge on any atom is -0.469 e. The van der Waals surface area contributed by atoms with Crippen LogP contribution in [0.1, 0.15) is 52.9 Å². The third kappa shape index (κ3) is 1.22. The molecule has 3 heteroatoms. The molecule has 13 atom stereocenters. The van der Waals surface area contributed by atoms with Crippen LogP contribution < -0.4 is 0 Å². The van der Waals surface area contributed by atoms with Gasteiger partial charge in [-0.2, -0.15) is 0 Å². The third-order valence-corrected chi connectivity index (χ3v) is 12.1. The second-order valence-corrected chi connectivity index (χ2v) is 12.0. The monoisotopic (exact) mass is 368 g/mol. The number of hydrogen-bond donors (Lipinski definition) is 0. The molecule has 7 aliphatic rings. The quantitative estimate of drug-likeness (QED) is 0.658. The Balaban J connectivity index is 1.52. The molecule has 27 heavy (non-hydrogen) atoms. The first kappa shape index (κ1) is 16.0. The van der Waals surface area contributed by atoms with Crippen molar-refractivity contribution in [3.8, 4) is 0 Å². The normalized spacial score (nSPS) is 68.7. The van der Waals surface area contributed by atoms with Gasteiger partial charge in [0.05, 0.1) is 12.5 Å². The third-order valence-electron chi connectivity index (χ3n) is 12.1. The van der Waals surface area contributed by atoms with E-state index in [4.69, 9.17) is 4.74 Å². The van der Waals surface area contributed by atoms with E-state index in [9.17, 15) is 9.59 Å². The van der Waals surface area contributed by atoms with Crippen molar-refractivity contribution in [3.05, 3.63) is 0 Å². The largest absolute Gasteiger partial charge is 0.469 e. The van der Waals surface area contributed by atoms with Crippen molar-refractivity contribution >= 4 is 11.8 Å². The Labute approximate surface area is 162 Å². The molecule has 7 fully saturated rings. The van der Waals surface area contributed by atoms with Gasteiger partial charge in [-0.3, -0.25) is 9.59 Å². The maximum Gasteiger partial charge on any atom is 0.312 e. The summed E-state index contributed by atoms with van der Waals surface area (Å²) in [4.78, 5) is 27.3. The average molecular weight is 369 g/mol. The maximum atomic E-state index is 14.0. The van der Waals surface area contributed by atoms with Crippen molar-refractivity contribution in [1.82, 2.24) is 0 Å². The number of methoxy groups -OCH3 is 1. The zero-order valence-corrected chi connectivity index (χ0v) is 17.0. The van der Waals surface area contributed by atoms with Gasteiger partial charge in [0.1, 0.15) is 5.78 Å². The van der Waals surface area contributed by atoms with E-state index in [-0.39, 0.29) is 22.2 Å². The molecule has 0 aromatic rings. The number of hydrogen-bond acceptors (Lipinski definition) is 3. The van der Waals surface area contributed by atoms with Gasteiger partial charge in [0.15, 0.2) is 0 Å². The topological polar surface area (TPSA) is 43.4 Å². The highest BCUT2D eigenvalue weighted by Gasteiger charge is 2.89. The summed E-state index contributed by atoms with van der Waals surface area (Å²) < 4.78 is 5.50. The first-order valence-electron chi connectivity index (χ1n) is 11.5. The maximum absolute atomic E-state index is 14.0. The molecule has 0 aromatic carbocycles. The van der Waals surface area contributed by atoms with Gasteiger partial charge in [-0.05, 0) is 91.8 Å². The molecule has 0 N–H and O–H groups in total. The summed E-state index contributed by atoms with van der Waals surface area (Å²) in [6, 6.07) is 0. The fourth-order valence-corrected chi connectivity index (χ4v) is 12.2. The number of ether oxygens (including phenoxy) is 1. The van der Waals surface area contributed by atoms with E-state index >= 15 is 0 Å². The molecular formula is C24H32O3. The van der Waals surface area contributed by atoms with Crippen LogP contribution in [-0.2, 0) is 14.3 Å². The number of rotatable bonds is 1. The molecule has 0 aromatic heterocycles. The van der Waals surface area contributed by atoms with E-state index in [1.807, 2.05) is 0 Å². The van der Waals surface area contributed by atoms with E-state index in [1.165, 1.54) is 19.3 Å². The minimum atomic E-state index is -0.309. The molecule has 7 rings (SSSR count). The van der Waals surface area contributed by atoms with Gasteiger partial charge < -0.3 is 4.74 Å². The van der Waals surface area contributed by atoms with Crippen LogP contribution in [0, 0.1) is 75.4 Å². The lowest BCUT2D eigenvalue weighted by molar-refractivity contribution is -0.160. The SMILES string of the molecule is COC(=O)[C@@]1(C)[C@@H]2[C@@H]3CC[C@@]4(C)C(=O)[C@@]5(C)[C@H]6[C@H]7CCC[C@@H]7[C@H]1[C@H]6[C@@H]2[C@H]5[C@H]34. The predicted octanol–water partition coefficient (Wildman–Crippen LogP) is 3.96. The summed E-state index contributed by atoms with van der Waals surface area (Å²) in [7, 11) is 1.60. The molecule has 0 bridgehead atoms. The lowest BCUT2D eigenvalue weighted by atomic mass is 9.64. The molecule has 7 saturated carbocycles. The molecule has 0 heterocycles. The highest BCUT2D eigenvalue weighted by Crippen LogP contribution is 2.89. The van der Waals surface area contributed by atoms with Crippen molar-refractivity contribution in [2.75, 3.05) is 7.11 Å². The summed E-state index contributed by atoms with van der Waals surface area (Å²) in [6.07, 6.45) is 6.07. The molecule has 0 unspecified atom stereocenters. The Morgan fingerprint density at radius 2 is 1.52 bits per heavy atom. The van der Waals surface area contributed by atoms with Gasteiger partial charge in [0.2, 0.25) is 0 Å². The Hall–Kier alpha value is -0.860. The molecule has 0 radical (unpaired) electrons. The highest BCUT2D eigenvalue weighted by molar-refractivity contribution is 5.95. The van der Waals surface area contributed by atoms with Crippen LogP contribution in [0.3, 0.4) is 0 Å². The Morgan fingerprint density at radius 1 is 0.889 bits per heavy atom. The van der Waals surface area contributed by atoms with Gasteiger partial charge in [0, 0.05) is 10.8 Å². The summed E-state index contributed by atoms with van der Waals surface area (Å²) in [5, 5.41) is 0. The Morgan fingerprint density at radius 3 is 2.22 bits per heavy atom. The summed E-state index contributed by atoms with van der Waals surface area (Å²) in [6.45, 7) is 6.98. The number of esters is 1. The zero-order valence-electron chi connectivity index (χ0n) is 17.0.